The molecule has 10 heteroatoms. The quantitative estimate of drug-likeness (QED) is 0.328. The Hall–Kier alpha value is -4.73. The number of carbonyl (C=O) groups excluding carboxylic acids is 1. The summed E-state index contributed by atoms with van der Waals surface area (Å²) < 4.78 is 13.5. The van der Waals surface area contributed by atoms with Crippen molar-refractivity contribution in [1.82, 2.24) is 24.4 Å². The Morgan fingerprint density at radius 2 is 2.02 bits per heavy atom. The van der Waals surface area contributed by atoms with E-state index in [1.165, 1.54) is 6.08 Å². The van der Waals surface area contributed by atoms with Crippen molar-refractivity contribution in [3.63, 3.8) is 0 Å². The number of fused-ring (bicyclic) bond motifs is 4. The summed E-state index contributed by atoms with van der Waals surface area (Å²) in [5.41, 5.74) is 4.77. The molecule has 1 amide bonds. The first-order valence-corrected chi connectivity index (χ1v) is 14.1. The van der Waals surface area contributed by atoms with E-state index < -0.39 is 5.69 Å². The first-order valence-electron chi connectivity index (χ1n) is 14.1. The van der Waals surface area contributed by atoms with Crippen LogP contribution >= 0.6 is 0 Å². The molecule has 6 rings (SSSR count). The normalized spacial score (nSPS) is 16.2. The van der Waals surface area contributed by atoms with E-state index >= 15 is 0 Å². The molecule has 0 spiro atoms. The average Bonchev–Trinajstić information content (AvgIpc) is 2.99. The third-order valence-electron chi connectivity index (χ3n) is 8.08. The minimum Gasteiger partial charge on any atom is -0.496 e. The summed E-state index contributed by atoms with van der Waals surface area (Å²) in [6.07, 6.45) is 3.10. The van der Waals surface area contributed by atoms with Crippen molar-refractivity contribution in [1.29, 1.82) is 0 Å². The fraction of sp³-hybridized carbons (Fsp3) is 0.344. The van der Waals surface area contributed by atoms with Crippen LogP contribution in [0.4, 0.5) is 5.82 Å². The van der Waals surface area contributed by atoms with Crippen LogP contribution in [0.5, 0.6) is 11.5 Å². The number of methoxy groups -OCH3 is 1. The minimum atomic E-state index is -0.447. The zero-order valence-corrected chi connectivity index (χ0v) is 24.5. The maximum absolute atomic E-state index is 14.1. The smallest absolute Gasteiger partial charge is 0.355 e. The predicted octanol–water partition coefficient (Wildman–Crippen LogP) is 4.40. The number of pyridine rings is 2. The van der Waals surface area contributed by atoms with E-state index in [0.717, 1.165) is 22.4 Å². The Morgan fingerprint density at radius 1 is 1.21 bits per heavy atom. The lowest BCUT2D eigenvalue weighted by atomic mass is 9.99. The van der Waals surface area contributed by atoms with Crippen LogP contribution in [0.1, 0.15) is 43.5 Å². The van der Waals surface area contributed by atoms with E-state index in [2.05, 4.69) is 35.3 Å². The molecule has 1 saturated heterocycles. The molecule has 5 heterocycles. The maximum Gasteiger partial charge on any atom is 0.355 e. The van der Waals surface area contributed by atoms with Gasteiger partial charge in [0.15, 0.2) is 5.65 Å². The van der Waals surface area contributed by atoms with Crippen LogP contribution in [-0.2, 0) is 11.4 Å². The summed E-state index contributed by atoms with van der Waals surface area (Å²) in [4.78, 5) is 44.8. The lowest BCUT2D eigenvalue weighted by molar-refractivity contribution is -0.126. The molecule has 2 aliphatic heterocycles. The van der Waals surface area contributed by atoms with Gasteiger partial charge < -0.3 is 19.3 Å². The van der Waals surface area contributed by atoms with Gasteiger partial charge in [-0.1, -0.05) is 32.6 Å². The van der Waals surface area contributed by atoms with Gasteiger partial charge in [0.1, 0.15) is 29.6 Å². The second-order valence-electron chi connectivity index (χ2n) is 11.1. The van der Waals surface area contributed by atoms with Gasteiger partial charge in [-0.2, -0.15) is 4.98 Å². The van der Waals surface area contributed by atoms with Crippen LogP contribution in [0.25, 0.3) is 28.0 Å². The van der Waals surface area contributed by atoms with Crippen LogP contribution in [0.3, 0.4) is 0 Å². The van der Waals surface area contributed by atoms with Gasteiger partial charge in [-0.05, 0) is 49.6 Å². The van der Waals surface area contributed by atoms with Crippen molar-refractivity contribution in [2.45, 2.75) is 46.3 Å². The van der Waals surface area contributed by atoms with Gasteiger partial charge in [0, 0.05) is 37.4 Å². The first kappa shape index (κ1) is 27.4. The van der Waals surface area contributed by atoms with E-state index in [9.17, 15) is 9.59 Å². The molecule has 1 fully saturated rings. The first-order chi connectivity index (χ1) is 20.2. The summed E-state index contributed by atoms with van der Waals surface area (Å²) in [7, 11) is 1.63. The Morgan fingerprint density at radius 3 is 2.74 bits per heavy atom. The molecule has 2 aliphatic rings. The molecule has 3 aromatic heterocycles. The number of amides is 1. The van der Waals surface area contributed by atoms with Crippen LogP contribution < -0.4 is 20.1 Å². The predicted molar refractivity (Wildman–Crippen MR) is 162 cm³/mol. The van der Waals surface area contributed by atoms with Crippen LogP contribution in [0.2, 0.25) is 0 Å². The Kier molecular flexibility index (Phi) is 6.92. The number of piperazine rings is 1. The third-order valence-corrected chi connectivity index (χ3v) is 8.08. The molecule has 216 valence electrons. The van der Waals surface area contributed by atoms with E-state index in [-0.39, 0.29) is 17.9 Å². The van der Waals surface area contributed by atoms with Crippen molar-refractivity contribution in [3.8, 4) is 28.4 Å². The molecule has 1 aromatic carbocycles. The number of aryl methyl sites for hydroxylation is 1. The number of anilines is 1. The maximum atomic E-state index is 14.1. The molecule has 0 aliphatic carbocycles. The van der Waals surface area contributed by atoms with E-state index in [1.54, 1.807) is 22.8 Å². The highest BCUT2D eigenvalue weighted by atomic mass is 16.5. The fourth-order valence-corrected chi connectivity index (χ4v) is 6.00. The lowest BCUT2D eigenvalue weighted by Crippen LogP contribution is -2.54. The largest absolute Gasteiger partial charge is 0.496 e. The number of rotatable bonds is 5. The number of benzene rings is 1. The molecule has 1 atom stereocenters. The van der Waals surface area contributed by atoms with E-state index in [1.807, 2.05) is 44.2 Å². The Balaban J connectivity index is 1.65. The summed E-state index contributed by atoms with van der Waals surface area (Å²) in [5.74, 6) is 1.73. The number of ether oxygens (including phenoxy) is 2. The second-order valence-corrected chi connectivity index (χ2v) is 11.1. The SMILES string of the molecule is C=CC(=O)N1CCN(c2nc(=O)n(-c3c(C)ccnc3C(C)C)c3nc4c(cc23)OCc2cccc(OC)c2-4)[C@@H](C)C1. The summed E-state index contributed by atoms with van der Waals surface area (Å²) >= 11 is 0. The minimum absolute atomic E-state index is 0.0544. The zero-order valence-electron chi connectivity index (χ0n) is 24.5. The molecule has 0 unspecified atom stereocenters. The highest BCUT2D eigenvalue weighted by molar-refractivity contribution is 5.94. The zero-order chi connectivity index (χ0) is 29.7. The molecule has 4 aromatic rings. The number of hydrogen-bond acceptors (Lipinski definition) is 8. The topological polar surface area (TPSA) is 103 Å². The van der Waals surface area contributed by atoms with Crippen molar-refractivity contribution < 1.29 is 14.3 Å². The van der Waals surface area contributed by atoms with E-state index in [4.69, 9.17) is 14.5 Å². The van der Waals surface area contributed by atoms with Crippen molar-refractivity contribution in [2.24, 2.45) is 0 Å². The van der Waals surface area contributed by atoms with Crippen LogP contribution in [0, 0.1) is 6.92 Å². The number of nitrogens with zero attached hydrogens (tertiary/aromatic N) is 6. The Bertz CT molecular complexity index is 1780. The number of aromatic nitrogens is 4. The Labute approximate surface area is 244 Å². The molecule has 0 saturated carbocycles. The third kappa shape index (κ3) is 4.38. The molecule has 10 nitrogen and oxygen atoms in total. The summed E-state index contributed by atoms with van der Waals surface area (Å²) in [6.45, 7) is 13.6. The monoisotopic (exact) mass is 566 g/mol. The highest BCUT2D eigenvalue weighted by Crippen LogP contribution is 2.44. The number of hydrogen-bond donors (Lipinski definition) is 0. The average molecular weight is 567 g/mol. The molecular weight excluding hydrogens is 532 g/mol. The van der Waals surface area contributed by atoms with Gasteiger partial charge in [0.05, 0.1) is 29.4 Å². The van der Waals surface area contributed by atoms with Crippen LogP contribution in [0.15, 0.2) is 54.0 Å². The van der Waals surface area contributed by atoms with Gasteiger partial charge in [-0.3, -0.25) is 9.78 Å². The van der Waals surface area contributed by atoms with Gasteiger partial charge in [0.25, 0.3) is 0 Å². The van der Waals surface area contributed by atoms with E-state index in [0.29, 0.717) is 66.0 Å². The highest BCUT2D eigenvalue weighted by Gasteiger charge is 2.32. The van der Waals surface area contributed by atoms with Gasteiger partial charge >= 0.3 is 5.69 Å². The lowest BCUT2D eigenvalue weighted by Gasteiger charge is -2.40. The van der Waals surface area contributed by atoms with Crippen LogP contribution in [-0.4, -0.2) is 63.1 Å². The van der Waals surface area contributed by atoms with Gasteiger partial charge in [-0.15, -0.1) is 0 Å². The second kappa shape index (κ2) is 10.6. The van der Waals surface area contributed by atoms with Gasteiger partial charge in [0.2, 0.25) is 5.91 Å². The van der Waals surface area contributed by atoms with Crippen molar-refractivity contribution in [3.05, 3.63) is 76.5 Å². The summed E-state index contributed by atoms with van der Waals surface area (Å²) in [6, 6.07) is 9.55. The van der Waals surface area contributed by atoms with Gasteiger partial charge in [-0.25, -0.2) is 14.3 Å². The van der Waals surface area contributed by atoms with Crippen molar-refractivity contribution >= 4 is 22.8 Å². The molecule has 0 radical (unpaired) electrons. The number of carbonyl (C=O) groups is 1. The summed E-state index contributed by atoms with van der Waals surface area (Å²) in [5, 5.41) is 0.681. The molecule has 42 heavy (non-hydrogen) atoms. The standard InChI is InChI=1S/C32H34N6O4/c1-7-25(39)36-13-14-37(20(5)16-36)30-22-15-24-28(26-21(17-42-24)9-8-10-23(26)41-6)34-31(22)38(32(40)35-30)29-19(4)11-12-33-27(29)18(2)3/h7-12,15,18,20H,1,13-14,16-17H2,2-6H3/t20-/m0/s1. The van der Waals surface area contributed by atoms with Crippen molar-refractivity contribution in [2.75, 3.05) is 31.6 Å². The molecule has 0 bridgehead atoms. The molecular formula is C32H34N6O4. The molecule has 0 N–H and O–H groups in total. The fourth-order valence-electron chi connectivity index (χ4n) is 6.00.